The van der Waals surface area contributed by atoms with Crippen LogP contribution < -0.4 is 4.74 Å². The number of aliphatic imine (C=N–C) groups is 1. The average Bonchev–Trinajstić information content (AvgIpc) is 3.22. The van der Waals surface area contributed by atoms with Gasteiger partial charge in [-0.1, -0.05) is 91.0 Å². The van der Waals surface area contributed by atoms with Gasteiger partial charge in [-0.25, -0.2) is 0 Å². The topological polar surface area (TPSA) is 41.9 Å². The fourth-order valence-corrected chi connectivity index (χ4v) is 7.06. The highest BCUT2D eigenvalue weighted by atomic mass is 127. The van der Waals surface area contributed by atoms with E-state index in [4.69, 9.17) is 9.73 Å². The molecule has 0 N–H and O–H groups in total. The van der Waals surface area contributed by atoms with Gasteiger partial charge < -0.3 is 4.74 Å². The zero-order chi connectivity index (χ0) is 26.3. The van der Waals surface area contributed by atoms with Crippen LogP contribution in [-0.4, -0.2) is 16.0 Å². The predicted molar refractivity (Wildman–Crippen MR) is 173 cm³/mol. The Balaban J connectivity index is 1.39. The van der Waals surface area contributed by atoms with E-state index < -0.39 is 0 Å². The molecule has 0 aromatic heterocycles. The van der Waals surface area contributed by atoms with Crippen LogP contribution in [0.25, 0.3) is 6.08 Å². The molecule has 1 fully saturated rings. The number of carbonyl (C=O) groups is 1. The molecule has 1 aliphatic rings. The van der Waals surface area contributed by atoms with Gasteiger partial charge in [-0.15, -0.1) is 0 Å². The van der Waals surface area contributed by atoms with Gasteiger partial charge in [0, 0.05) is 0 Å². The lowest BCUT2D eigenvalue weighted by molar-refractivity contribution is -0.122. The van der Waals surface area contributed by atoms with Crippen LogP contribution >= 0.6 is 56.9 Å². The van der Waals surface area contributed by atoms with Crippen molar-refractivity contribution >= 4 is 74.1 Å². The first-order valence-electron chi connectivity index (χ1n) is 12.1. The summed E-state index contributed by atoms with van der Waals surface area (Å²) in [5.74, 6) is 0.832. The van der Waals surface area contributed by atoms with Gasteiger partial charge in [0.05, 0.1) is 25.1 Å². The summed E-state index contributed by atoms with van der Waals surface area (Å²) in [7, 11) is 0. The molecular weight excluding hydrogens is 718 g/mol. The number of hydrogen-bond donors (Lipinski definition) is 0. The number of rotatable bonds is 8. The SMILES string of the molecule is O=C1/C(=C/c2cc(I)c(OCc3ccccc3)c(I)c2)SC(=NCc2ccccc2)N1Cc1ccccc1. The second-order valence-electron chi connectivity index (χ2n) is 8.66. The molecule has 0 bridgehead atoms. The average molecular weight is 742 g/mol. The van der Waals surface area contributed by atoms with Crippen LogP contribution in [0.4, 0.5) is 0 Å². The maximum absolute atomic E-state index is 13.6. The molecule has 190 valence electrons. The Morgan fingerprint density at radius 3 is 1.95 bits per heavy atom. The van der Waals surface area contributed by atoms with E-state index in [1.807, 2.05) is 72.8 Å². The molecule has 0 unspecified atom stereocenters. The van der Waals surface area contributed by atoms with Crippen molar-refractivity contribution < 1.29 is 9.53 Å². The molecule has 0 radical (unpaired) electrons. The van der Waals surface area contributed by atoms with Crippen molar-refractivity contribution in [1.29, 1.82) is 0 Å². The number of hydrogen-bond acceptors (Lipinski definition) is 4. The molecule has 0 aliphatic carbocycles. The Bertz CT molecular complexity index is 1450. The van der Waals surface area contributed by atoms with Crippen LogP contribution in [0.5, 0.6) is 5.75 Å². The third-order valence-corrected chi connectivity index (χ3v) is 8.50. The summed E-state index contributed by atoms with van der Waals surface area (Å²) >= 11 is 6.04. The minimum atomic E-state index is -0.0277. The van der Waals surface area contributed by atoms with Gasteiger partial charge >= 0.3 is 0 Å². The van der Waals surface area contributed by atoms with E-state index in [9.17, 15) is 4.79 Å². The fraction of sp³-hybridized carbons (Fsp3) is 0.0968. The van der Waals surface area contributed by atoms with Crippen molar-refractivity contribution in [2.24, 2.45) is 4.99 Å². The first kappa shape index (κ1) is 27.0. The van der Waals surface area contributed by atoms with Crippen LogP contribution in [0.1, 0.15) is 22.3 Å². The van der Waals surface area contributed by atoms with Crippen molar-refractivity contribution in [3.8, 4) is 5.75 Å². The van der Waals surface area contributed by atoms with E-state index in [0.29, 0.717) is 24.6 Å². The number of nitrogens with zero attached hydrogens (tertiary/aromatic N) is 2. The number of carbonyl (C=O) groups excluding carboxylic acids is 1. The molecule has 4 nitrogen and oxygen atoms in total. The molecule has 5 rings (SSSR count). The zero-order valence-electron chi connectivity index (χ0n) is 20.4. The van der Waals surface area contributed by atoms with Crippen molar-refractivity contribution in [2.75, 3.05) is 0 Å². The van der Waals surface area contributed by atoms with Crippen LogP contribution in [-0.2, 0) is 24.5 Å². The number of thioether (sulfide) groups is 1. The molecule has 0 spiro atoms. The maximum Gasteiger partial charge on any atom is 0.267 e. The number of amidine groups is 1. The lowest BCUT2D eigenvalue weighted by Crippen LogP contribution is -2.28. The first-order chi connectivity index (χ1) is 18.6. The number of benzene rings is 4. The molecule has 1 amide bonds. The van der Waals surface area contributed by atoms with E-state index in [-0.39, 0.29) is 5.91 Å². The van der Waals surface area contributed by atoms with E-state index in [2.05, 4.69) is 81.6 Å². The second kappa shape index (κ2) is 12.9. The maximum atomic E-state index is 13.6. The van der Waals surface area contributed by atoms with Gasteiger partial charge in [0.2, 0.25) is 0 Å². The van der Waals surface area contributed by atoms with Gasteiger partial charge in [0.25, 0.3) is 5.91 Å². The molecular formula is C31H24I2N2O2S. The van der Waals surface area contributed by atoms with Crippen molar-refractivity contribution in [3.05, 3.63) is 137 Å². The second-order valence-corrected chi connectivity index (χ2v) is 12.0. The highest BCUT2D eigenvalue weighted by Crippen LogP contribution is 2.36. The Morgan fingerprint density at radius 2 is 1.34 bits per heavy atom. The summed E-state index contributed by atoms with van der Waals surface area (Å²) in [4.78, 5) is 20.8. The summed E-state index contributed by atoms with van der Waals surface area (Å²) in [6.45, 7) is 1.52. The molecule has 1 heterocycles. The highest BCUT2D eigenvalue weighted by molar-refractivity contribution is 14.1. The first-order valence-corrected chi connectivity index (χ1v) is 15.0. The molecule has 7 heteroatoms. The summed E-state index contributed by atoms with van der Waals surface area (Å²) in [5, 5.41) is 0.723. The van der Waals surface area contributed by atoms with Crippen LogP contribution in [0.2, 0.25) is 0 Å². The lowest BCUT2D eigenvalue weighted by Gasteiger charge is -2.15. The summed E-state index contributed by atoms with van der Waals surface area (Å²) in [5.41, 5.74) is 4.27. The molecule has 0 atom stereocenters. The monoisotopic (exact) mass is 742 g/mol. The van der Waals surface area contributed by atoms with Crippen molar-refractivity contribution in [2.45, 2.75) is 19.7 Å². The van der Waals surface area contributed by atoms with E-state index >= 15 is 0 Å². The molecule has 0 saturated carbocycles. The van der Waals surface area contributed by atoms with Crippen molar-refractivity contribution in [1.82, 2.24) is 4.90 Å². The molecule has 1 aliphatic heterocycles. The Labute approximate surface area is 254 Å². The van der Waals surface area contributed by atoms with Gasteiger partial charge in [-0.2, -0.15) is 0 Å². The third-order valence-electron chi connectivity index (χ3n) is 5.86. The standard InChI is InChI=1S/C31H24I2N2O2S/c32-26-16-25(17-27(33)29(26)37-21-24-14-8-3-9-15-24)18-28-30(36)35(20-23-12-6-2-7-13-23)31(38-28)34-19-22-10-4-1-5-11-22/h1-18H,19-21H2/b28-18-,34-31?. The molecule has 38 heavy (non-hydrogen) atoms. The summed E-state index contributed by atoms with van der Waals surface area (Å²) < 4.78 is 8.15. The van der Waals surface area contributed by atoms with E-state index in [1.165, 1.54) is 11.8 Å². The molecule has 1 saturated heterocycles. The lowest BCUT2D eigenvalue weighted by atomic mass is 10.2. The number of ether oxygens (including phenoxy) is 1. The molecule has 4 aromatic carbocycles. The van der Waals surface area contributed by atoms with Crippen LogP contribution in [0, 0.1) is 7.14 Å². The quantitative estimate of drug-likeness (QED) is 0.135. The number of amides is 1. The number of halogens is 2. The fourth-order valence-electron chi connectivity index (χ4n) is 3.96. The minimum Gasteiger partial charge on any atom is -0.487 e. The van der Waals surface area contributed by atoms with Crippen molar-refractivity contribution in [3.63, 3.8) is 0 Å². The van der Waals surface area contributed by atoms with Gasteiger partial charge in [0.15, 0.2) is 5.17 Å². The summed E-state index contributed by atoms with van der Waals surface area (Å²) in [6.07, 6.45) is 1.96. The van der Waals surface area contributed by atoms with E-state index in [0.717, 1.165) is 40.3 Å². The summed E-state index contributed by atoms with van der Waals surface area (Å²) in [6, 6.07) is 34.4. The van der Waals surface area contributed by atoms with E-state index in [1.54, 1.807) is 4.90 Å². The highest BCUT2D eigenvalue weighted by Gasteiger charge is 2.33. The Hall–Kier alpha value is -2.63. The zero-order valence-corrected chi connectivity index (χ0v) is 25.5. The largest absolute Gasteiger partial charge is 0.487 e. The molecule has 4 aromatic rings. The van der Waals surface area contributed by atoms with Gasteiger partial charge in [-0.3, -0.25) is 14.7 Å². The van der Waals surface area contributed by atoms with Crippen LogP contribution in [0.15, 0.2) is 113 Å². The smallest absolute Gasteiger partial charge is 0.267 e. The van der Waals surface area contributed by atoms with Gasteiger partial charge in [0.1, 0.15) is 12.4 Å². The third kappa shape index (κ3) is 6.86. The Kier molecular flexibility index (Phi) is 9.18. The predicted octanol–water partition coefficient (Wildman–Crippen LogP) is 8.15. The van der Waals surface area contributed by atoms with Crippen LogP contribution in [0.3, 0.4) is 0 Å². The Morgan fingerprint density at radius 1 is 0.789 bits per heavy atom. The normalized spacial score (nSPS) is 15.4. The minimum absolute atomic E-state index is 0.0277. The van der Waals surface area contributed by atoms with Gasteiger partial charge in [-0.05, 0) is 97.4 Å².